The van der Waals surface area contributed by atoms with Crippen molar-refractivity contribution in [1.82, 2.24) is 18.9 Å². The van der Waals surface area contributed by atoms with Crippen LogP contribution in [0.15, 0.2) is 71.8 Å². The number of benzene rings is 2. The molecule has 146 valence electrons. The van der Waals surface area contributed by atoms with Crippen molar-refractivity contribution < 1.29 is 4.79 Å². The Morgan fingerprint density at radius 3 is 2.48 bits per heavy atom. The Morgan fingerprint density at radius 2 is 1.76 bits per heavy atom. The number of imidazole rings is 1. The number of nitrogens with one attached hydrogen (secondary N) is 1. The standard InChI is InChI=1S/C22H21N5O2/c1-15-20(22(29)27(25(15)3)18-9-5-4-6-10-18)21-23-12-13-26(21)19-11-7-8-17(14-19)24-16(2)28/h4-14H,1-3H3,(H,24,28). The third kappa shape index (κ3) is 3.27. The highest BCUT2D eigenvalue weighted by atomic mass is 16.1. The van der Waals surface area contributed by atoms with Gasteiger partial charge in [0.1, 0.15) is 5.56 Å². The highest BCUT2D eigenvalue weighted by molar-refractivity contribution is 5.89. The van der Waals surface area contributed by atoms with Gasteiger partial charge in [-0.2, -0.15) is 0 Å². The Morgan fingerprint density at radius 1 is 1.03 bits per heavy atom. The first kappa shape index (κ1) is 18.5. The molecule has 0 aliphatic heterocycles. The van der Waals surface area contributed by atoms with Crippen molar-refractivity contribution in [1.29, 1.82) is 0 Å². The molecule has 2 aromatic heterocycles. The molecule has 0 aliphatic carbocycles. The van der Waals surface area contributed by atoms with Crippen molar-refractivity contribution in [2.45, 2.75) is 13.8 Å². The molecule has 29 heavy (non-hydrogen) atoms. The van der Waals surface area contributed by atoms with E-state index in [0.717, 1.165) is 17.1 Å². The number of carbonyl (C=O) groups is 1. The summed E-state index contributed by atoms with van der Waals surface area (Å²) in [5, 5.41) is 2.78. The number of aromatic nitrogens is 4. The number of amides is 1. The van der Waals surface area contributed by atoms with E-state index in [1.165, 1.54) is 6.92 Å². The van der Waals surface area contributed by atoms with Crippen LogP contribution in [-0.2, 0) is 11.8 Å². The number of hydrogen-bond donors (Lipinski definition) is 1. The predicted molar refractivity (Wildman–Crippen MR) is 113 cm³/mol. The van der Waals surface area contributed by atoms with E-state index >= 15 is 0 Å². The summed E-state index contributed by atoms with van der Waals surface area (Å²) < 4.78 is 5.32. The van der Waals surface area contributed by atoms with E-state index in [0.29, 0.717) is 17.1 Å². The van der Waals surface area contributed by atoms with E-state index in [2.05, 4.69) is 10.3 Å². The zero-order valence-corrected chi connectivity index (χ0v) is 16.5. The van der Waals surface area contributed by atoms with E-state index < -0.39 is 0 Å². The van der Waals surface area contributed by atoms with E-state index in [1.807, 2.05) is 77.8 Å². The van der Waals surface area contributed by atoms with Crippen molar-refractivity contribution in [3.05, 3.63) is 83.0 Å². The first-order chi connectivity index (χ1) is 14.0. The molecule has 7 nitrogen and oxygen atoms in total. The van der Waals surface area contributed by atoms with Crippen LogP contribution in [0.3, 0.4) is 0 Å². The summed E-state index contributed by atoms with van der Waals surface area (Å²) in [4.78, 5) is 29.2. The average molecular weight is 387 g/mol. The molecular weight excluding hydrogens is 366 g/mol. The minimum absolute atomic E-state index is 0.137. The van der Waals surface area contributed by atoms with Crippen LogP contribution in [0.1, 0.15) is 12.6 Å². The van der Waals surface area contributed by atoms with Gasteiger partial charge in [0.05, 0.1) is 5.69 Å². The quantitative estimate of drug-likeness (QED) is 0.584. The van der Waals surface area contributed by atoms with Gasteiger partial charge in [-0.1, -0.05) is 24.3 Å². The lowest BCUT2D eigenvalue weighted by molar-refractivity contribution is -0.114. The molecule has 4 rings (SSSR count). The second-order valence-electron chi connectivity index (χ2n) is 6.79. The van der Waals surface area contributed by atoms with Gasteiger partial charge in [-0.15, -0.1) is 0 Å². The molecule has 4 aromatic rings. The molecule has 0 radical (unpaired) electrons. The van der Waals surface area contributed by atoms with Crippen molar-refractivity contribution >= 4 is 11.6 Å². The van der Waals surface area contributed by atoms with E-state index in [1.54, 1.807) is 17.1 Å². The third-order valence-corrected chi connectivity index (χ3v) is 4.86. The maximum atomic E-state index is 13.3. The summed E-state index contributed by atoms with van der Waals surface area (Å²) in [6.07, 6.45) is 3.47. The zero-order valence-electron chi connectivity index (χ0n) is 16.5. The van der Waals surface area contributed by atoms with Gasteiger partial charge in [0.15, 0.2) is 5.82 Å². The lowest BCUT2D eigenvalue weighted by Crippen LogP contribution is -2.20. The number of rotatable bonds is 4. The highest BCUT2D eigenvalue weighted by Crippen LogP contribution is 2.24. The topological polar surface area (TPSA) is 73.8 Å². The average Bonchev–Trinajstić information content (AvgIpc) is 3.25. The normalized spacial score (nSPS) is 10.9. The van der Waals surface area contributed by atoms with Gasteiger partial charge in [0.25, 0.3) is 5.56 Å². The van der Waals surface area contributed by atoms with Gasteiger partial charge in [-0.05, 0) is 37.3 Å². The summed E-state index contributed by atoms with van der Waals surface area (Å²) in [5.74, 6) is 0.412. The van der Waals surface area contributed by atoms with Crippen molar-refractivity contribution in [2.24, 2.45) is 7.05 Å². The zero-order chi connectivity index (χ0) is 20.5. The minimum Gasteiger partial charge on any atom is -0.326 e. The van der Waals surface area contributed by atoms with Crippen LogP contribution >= 0.6 is 0 Å². The molecule has 0 spiro atoms. The smallest absolute Gasteiger partial charge is 0.282 e. The molecule has 0 saturated heterocycles. The van der Waals surface area contributed by atoms with Gasteiger partial charge in [0.2, 0.25) is 5.91 Å². The first-order valence-corrected chi connectivity index (χ1v) is 9.23. The lowest BCUT2D eigenvalue weighted by Gasteiger charge is -2.09. The SMILES string of the molecule is CC(=O)Nc1cccc(-n2ccnc2-c2c(C)n(C)n(-c3ccccc3)c2=O)c1. The van der Waals surface area contributed by atoms with Crippen molar-refractivity contribution in [3.8, 4) is 22.8 Å². The van der Waals surface area contributed by atoms with E-state index in [9.17, 15) is 9.59 Å². The molecule has 2 heterocycles. The van der Waals surface area contributed by atoms with Crippen LogP contribution in [0.5, 0.6) is 0 Å². The van der Waals surface area contributed by atoms with Crippen LogP contribution < -0.4 is 10.9 Å². The molecule has 0 aliphatic rings. The largest absolute Gasteiger partial charge is 0.326 e. The molecule has 0 bridgehead atoms. The van der Waals surface area contributed by atoms with E-state index in [4.69, 9.17) is 0 Å². The van der Waals surface area contributed by atoms with Gasteiger partial charge in [-0.3, -0.25) is 18.8 Å². The lowest BCUT2D eigenvalue weighted by atomic mass is 10.2. The summed E-state index contributed by atoms with van der Waals surface area (Å²) in [6, 6.07) is 16.9. The van der Waals surface area contributed by atoms with Gasteiger partial charge < -0.3 is 5.32 Å². The maximum Gasteiger partial charge on any atom is 0.282 e. The Hall–Kier alpha value is -3.87. The van der Waals surface area contributed by atoms with Crippen LogP contribution in [0.4, 0.5) is 5.69 Å². The molecule has 7 heteroatoms. The molecule has 0 saturated carbocycles. The Bertz CT molecular complexity index is 1250. The van der Waals surface area contributed by atoms with Gasteiger partial charge >= 0.3 is 0 Å². The fraction of sp³-hybridized carbons (Fsp3) is 0.136. The van der Waals surface area contributed by atoms with Crippen LogP contribution in [-0.4, -0.2) is 24.8 Å². The molecule has 0 atom stereocenters. The monoisotopic (exact) mass is 387 g/mol. The molecule has 0 unspecified atom stereocenters. The maximum absolute atomic E-state index is 13.3. The van der Waals surface area contributed by atoms with E-state index in [-0.39, 0.29) is 11.5 Å². The second kappa shape index (κ2) is 7.27. The number of carbonyl (C=O) groups excluding carboxylic acids is 1. The summed E-state index contributed by atoms with van der Waals surface area (Å²) in [6.45, 7) is 3.37. The second-order valence-corrected chi connectivity index (χ2v) is 6.79. The Kier molecular flexibility index (Phi) is 4.64. The summed E-state index contributed by atoms with van der Waals surface area (Å²) in [7, 11) is 1.86. The summed E-state index contributed by atoms with van der Waals surface area (Å²) in [5.41, 5.74) is 3.48. The molecule has 0 fully saturated rings. The van der Waals surface area contributed by atoms with Crippen molar-refractivity contribution in [2.75, 3.05) is 5.32 Å². The predicted octanol–water partition coefficient (Wildman–Crippen LogP) is 3.30. The van der Waals surface area contributed by atoms with Gasteiger partial charge in [-0.25, -0.2) is 9.67 Å². The molecule has 1 N–H and O–H groups in total. The fourth-order valence-corrected chi connectivity index (χ4v) is 3.46. The number of hydrogen-bond acceptors (Lipinski definition) is 3. The number of anilines is 1. The Balaban J connectivity index is 1.87. The third-order valence-electron chi connectivity index (χ3n) is 4.86. The summed E-state index contributed by atoms with van der Waals surface area (Å²) >= 11 is 0. The molecule has 1 amide bonds. The molecule has 2 aromatic carbocycles. The highest BCUT2D eigenvalue weighted by Gasteiger charge is 2.21. The minimum atomic E-state index is -0.141. The van der Waals surface area contributed by atoms with Crippen LogP contribution in [0.25, 0.3) is 22.8 Å². The number of nitrogens with zero attached hydrogens (tertiary/aromatic N) is 4. The van der Waals surface area contributed by atoms with Gasteiger partial charge in [0, 0.05) is 43.4 Å². The molecular formula is C22H21N5O2. The fourth-order valence-electron chi connectivity index (χ4n) is 3.46. The van der Waals surface area contributed by atoms with Crippen molar-refractivity contribution in [3.63, 3.8) is 0 Å². The van der Waals surface area contributed by atoms with Crippen LogP contribution in [0.2, 0.25) is 0 Å². The number of para-hydroxylation sites is 1. The Labute approximate surface area is 167 Å². The first-order valence-electron chi connectivity index (χ1n) is 9.23. The van der Waals surface area contributed by atoms with Crippen LogP contribution in [0, 0.1) is 6.92 Å².